The van der Waals surface area contributed by atoms with Gasteiger partial charge in [-0.15, -0.1) is 10.2 Å². The number of hydrogen-bond acceptors (Lipinski definition) is 5. The van der Waals surface area contributed by atoms with Crippen LogP contribution < -0.4 is 5.32 Å². The molecule has 2 aromatic rings. The van der Waals surface area contributed by atoms with Crippen LogP contribution in [0.4, 0.5) is 5.13 Å². The zero-order valence-corrected chi connectivity index (χ0v) is 15.2. The summed E-state index contributed by atoms with van der Waals surface area (Å²) in [7, 11) is 0. The van der Waals surface area contributed by atoms with Crippen molar-refractivity contribution in [1.82, 2.24) is 14.8 Å². The van der Waals surface area contributed by atoms with E-state index in [0.717, 1.165) is 41.3 Å². The molecular formula is C17H21N5OS. The molecule has 0 aliphatic heterocycles. The van der Waals surface area contributed by atoms with Gasteiger partial charge in [0.05, 0.1) is 0 Å². The standard InChI is InChI=1S/C17H21N5OS/c1-5-7-22-11(3)8-13(12(22)4)9-14(10-18)16(23)19-17-21-20-15(6-2)24-17/h8-9H,5-7H2,1-4H3,(H,19,21,23)/b14-9-. The second-order valence-corrected chi connectivity index (χ2v) is 6.52. The molecule has 0 atom stereocenters. The van der Waals surface area contributed by atoms with Crippen LogP contribution in [0.3, 0.4) is 0 Å². The van der Waals surface area contributed by atoms with Crippen molar-refractivity contribution in [3.05, 3.63) is 33.6 Å². The number of aromatic nitrogens is 3. The van der Waals surface area contributed by atoms with Crippen molar-refractivity contribution in [3.8, 4) is 6.07 Å². The van der Waals surface area contributed by atoms with Gasteiger partial charge < -0.3 is 4.57 Å². The first-order valence-electron chi connectivity index (χ1n) is 7.92. The third kappa shape index (κ3) is 3.89. The van der Waals surface area contributed by atoms with Crippen LogP contribution in [0.5, 0.6) is 0 Å². The van der Waals surface area contributed by atoms with Crippen molar-refractivity contribution in [1.29, 1.82) is 5.26 Å². The van der Waals surface area contributed by atoms with Crippen LogP contribution in [-0.4, -0.2) is 20.7 Å². The number of aryl methyl sites for hydroxylation is 2. The largest absolute Gasteiger partial charge is 0.349 e. The average molecular weight is 343 g/mol. The Morgan fingerprint density at radius 3 is 2.75 bits per heavy atom. The Hall–Kier alpha value is -2.46. The highest BCUT2D eigenvalue weighted by Crippen LogP contribution is 2.20. The predicted octanol–water partition coefficient (Wildman–Crippen LogP) is 3.47. The molecule has 1 N–H and O–H groups in total. The fraction of sp³-hybridized carbons (Fsp3) is 0.412. The molecule has 24 heavy (non-hydrogen) atoms. The van der Waals surface area contributed by atoms with E-state index in [4.69, 9.17) is 0 Å². The summed E-state index contributed by atoms with van der Waals surface area (Å²) < 4.78 is 2.19. The zero-order chi connectivity index (χ0) is 17.7. The van der Waals surface area contributed by atoms with Crippen molar-refractivity contribution in [2.24, 2.45) is 0 Å². The average Bonchev–Trinajstić information content (AvgIpc) is 3.12. The lowest BCUT2D eigenvalue weighted by molar-refractivity contribution is -0.112. The lowest BCUT2D eigenvalue weighted by Crippen LogP contribution is -2.13. The summed E-state index contributed by atoms with van der Waals surface area (Å²) in [5, 5.41) is 21.1. The van der Waals surface area contributed by atoms with Gasteiger partial charge in [-0.05, 0) is 44.4 Å². The highest BCUT2D eigenvalue weighted by atomic mass is 32.1. The van der Waals surface area contributed by atoms with Crippen LogP contribution in [0.15, 0.2) is 11.6 Å². The molecule has 2 heterocycles. The second-order valence-electron chi connectivity index (χ2n) is 5.46. The fourth-order valence-electron chi connectivity index (χ4n) is 2.46. The number of carbonyl (C=O) groups excluding carboxylic acids is 1. The van der Waals surface area contributed by atoms with Crippen LogP contribution in [0.25, 0.3) is 6.08 Å². The lowest BCUT2D eigenvalue weighted by atomic mass is 10.1. The summed E-state index contributed by atoms with van der Waals surface area (Å²) in [6.45, 7) is 9.04. The molecule has 6 nitrogen and oxygen atoms in total. The van der Waals surface area contributed by atoms with E-state index in [2.05, 4.69) is 27.0 Å². The molecule has 0 saturated heterocycles. The first kappa shape index (κ1) is 17.9. The SMILES string of the molecule is CCCn1c(C)cc(/C=C(/C#N)C(=O)Nc2nnc(CC)s2)c1C. The van der Waals surface area contributed by atoms with Crippen LogP contribution in [0, 0.1) is 25.2 Å². The van der Waals surface area contributed by atoms with E-state index >= 15 is 0 Å². The van der Waals surface area contributed by atoms with Gasteiger partial charge in [0.15, 0.2) is 0 Å². The molecule has 0 spiro atoms. The van der Waals surface area contributed by atoms with E-state index < -0.39 is 5.91 Å². The Balaban J connectivity index is 2.24. The lowest BCUT2D eigenvalue weighted by Gasteiger charge is -2.07. The van der Waals surface area contributed by atoms with Crippen molar-refractivity contribution in [2.45, 2.75) is 47.1 Å². The molecule has 2 rings (SSSR count). The van der Waals surface area contributed by atoms with Gasteiger partial charge in [-0.2, -0.15) is 5.26 Å². The maximum atomic E-state index is 12.3. The molecular weight excluding hydrogens is 322 g/mol. The van der Waals surface area contributed by atoms with Crippen LogP contribution in [0.1, 0.15) is 42.2 Å². The zero-order valence-electron chi connectivity index (χ0n) is 14.4. The number of amides is 1. The first-order valence-corrected chi connectivity index (χ1v) is 8.74. The van der Waals surface area contributed by atoms with Crippen molar-refractivity contribution < 1.29 is 4.79 Å². The molecule has 0 aliphatic rings. The molecule has 0 unspecified atom stereocenters. The minimum Gasteiger partial charge on any atom is -0.349 e. The molecule has 0 aliphatic carbocycles. The summed E-state index contributed by atoms with van der Waals surface area (Å²) in [6, 6.07) is 3.97. The number of anilines is 1. The first-order chi connectivity index (χ1) is 11.5. The third-order valence-electron chi connectivity index (χ3n) is 3.71. The van der Waals surface area contributed by atoms with Crippen LogP contribution >= 0.6 is 11.3 Å². The molecule has 2 aromatic heterocycles. The minimum atomic E-state index is -0.461. The second kappa shape index (κ2) is 7.88. The summed E-state index contributed by atoms with van der Waals surface area (Å²) >= 11 is 1.32. The predicted molar refractivity (Wildman–Crippen MR) is 95.7 cm³/mol. The summed E-state index contributed by atoms with van der Waals surface area (Å²) in [6.07, 6.45) is 3.42. The van der Waals surface area contributed by atoms with E-state index in [1.807, 2.05) is 32.9 Å². The Bertz CT molecular complexity index is 810. The van der Waals surface area contributed by atoms with Gasteiger partial charge in [0, 0.05) is 17.9 Å². The van der Waals surface area contributed by atoms with Gasteiger partial charge in [0.2, 0.25) is 5.13 Å². The van der Waals surface area contributed by atoms with Gasteiger partial charge in [-0.3, -0.25) is 10.1 Å². The molecule has 0 fully saturated rings. The Morgan fingerprint density at radius 1 is 1.42 bits per heavy atom. The van der Waals surface area contributed by atoms with Crippen molar-refractivity contribution in [3.63, 3.8) is 0 Å². The molecule has 0 radical (unpaired) electrons. The third-order valence-corrected chi connectivity index (χ3v) is 4.70. The minimum absolute atomic E-state index is 0.0556. The monoisotopic (exact) mass is 343 g/mol. The summed E-state index contributed by atoms with van der Waals surface area (Å²) in [5.74, 6) is -0.461. The summed E-state index contributed by atoms with van der Waals surface area (Å²) in [5.41, 5.74) is 3.12. The molecule has 0 bridgehead atoms. The van der Waals surface area contributed by atoms with Crippen LogP contribution in [-0.2, 0) is 17.8 Å². The van der Waals surface area contributed by atoms with Gasteiger partial charge in [-0.1, -0.05) is 25.2 Å². The number of carbonyl (C=O) groups is 1. The molecule has 0 aromatic carbocycles. The quantitative estimate of drug-likeness (QED) is 0.643. The van der Waals surface area contributed by atoms with Gasteiger partial charge in [0.1, 0.15) is 16.6 Å². The van der Waals surface area contributed by atoms with Crippen LogP contribution in [0.2, 0.25) is 0 Å². The highest BCUT2D eigenvalue weighted by Gasteiger charge is 2.14. The Kier molecular flexibility index (Phi) is 5.88. The maximum absolute atomic E-state index is 12.3. The smallest absolute Gasteiger partial charge is 0.268 e. The van der Waals surface area contributed by atoms with Crippen molar-refractivity contribution >= 4 is 28.5 Å². The van der Waals surface area contributed by atoms with Gasteiger partial charge in [-0.25, -0.2) is 0 Å². The number of nitrogens with zero attached hydrogens (tertiary/aromatic N) is 4. The number of rotatable bonds is 6. The normalized spacial score (nSPS) is 11.4. The molecule has 0 saturated carbocycles. The van der Waals surface area contributed by atoms with E-state index in [-0.39, 0.29) is 5.57 Å². The fourth-order valence-corrected chi connectivity index (χ4v) is 3.13. The molecule has 1 amide bonds. The van der Waals surface area contributed by atoms with E-state index in [1.165, 1.54) is 11.3 Å². The molecule has 126 valence electrons. The topological polar surface area (TPSA) is 83.6 Å². The number of hydrogen-bond donors (Lipinski definition) is 1. The van der Waals surface area contributed by atoms with E-state index in [0.29, 0.717) is 5.13 Å². The maximum Gasteiger partial charge on any atom is 0.268 e. The van der Waals surface area contributed by atoms with E-state index in [9.17, 15) is 10.1 Å². The molecule has 7 heteroatoms. The Labute approximate surface area is 145 Å². The van der Waals surface area contributed by atoms with Gasteiger partial charge in [0.25, 0.3) is 5.91 Å². The van der Waals surface area contributed by atoms with Gasteiger partial charge >= 0.3 is 0 Å². The van der Waals surface area contributed by atoms with E-state index in [1.54, 1.807) is 6.08 Å². The number of nitrogens with one attached hydrogen (secondary N) is 1. The Morgan fingerprint density at radius 2 is 2.17 bits per heavy atom. The summed E-state index contributed by atoms with van der Waals surface area (Å²) in [4.78, 5) is 12.3. The van der Waals surface area contributed by atoms with Crippen molar-refractivity contribution in [2.75, 3.05) is 5.32 Å². The highest BCUT2D eigenvalue weighted by molar-refractivity contribution is 7.15. The number of nitriles is 1.